The molecule has 4 heterocycles. The van der Waals surface area contributed by atoms with E-state index in [0.717, 1.165) is 6.54 Å². The fraction of sp³-hybridized carbons (Fsp3) is 0.158. The van der Waals surface area contributed by atoms with E-state index in [4.69, 9.17) is 0 Å². The van der Waals surface area contributed by atoms with Crippen LogP contribution in [0.15, 0.2) is 60.9 Å². The van der Waals surface area contributed by atoms with Crippen LogP contribution in [0.25, 0.3) is 22.5 Å². The maximum absolute atomic E-state index is 2.41. The average molecular weight is 272 g/mol. The van der Waals surface area contributed by atoms with E-state index in [0.29, 0.717) is 6.04 Å². The van der Waals surface area contributed by atoms with E-state index in [9.17, 15) is 0 Å². The summed E-state index contributed by atoms with van der Waals surface area (Å²) in [5.41, 5.74) is 8.33. The Morgan fingerprint density at radius 2 is 1.71 bits per heavy atom. The van der Waals surface area contributed by atoms with Crippen LogP contribution < -0.4 is 9.13 Å². The van der Waals surface area contributed by atoms with Crippen molar-refractivity contribution in [1.29, 1.82) is 0 Å². The van der Waals surface area contributed by atoms with Crippen LogP contribution in [-0.4, -0.2) is 0 Å². The molecule has 0 bridgehead atoms. The van der Waals surface area contributed by atoms with Crippen molar-refractivity contribution in [3.63, 3.8) is 0 Å². The van der Waals surface area contributed by atoms with Crippen LogP contribution in [0.4, 0.5) is 0 Å². The van der Waals surface area contributed by atoms with Gasteiger partial charge in [-0.1, -0.05) is 0 Å². The molecular formula is C19H16N2+2. The minimum Gasteiger partial charge on any atom is -0.194 e. The van der Waals surface area contributed by atoms with E-state index in [1.807, 2.05) is 0 Å². The van der Waals surface area contributed by atoms with Crippen molar-refractivity contribution < 1.29 is 9.13 Å². The lowest BCUT2D eigenvalue weighted by molar-refractivity contribution is -0.694. The smallest absolute Gasteiger partial charge is 0.194 e. The lowest BCUT2D eigenvalue weighted by Gasteiger charge is -2.01. The standard InChI is InChI=1S/C19H16N2/c1-13-15-10-14-12-20-8-4-2-6-18(20)16(14)11-17(15)19-7-3-5-9-21(13)19/h2-11,13H,12H2,1H3/q+2. The van der Waals surface area contributed by atoms with Crippen LogP contribution in [-0.2, 0) is 6.54 Å². The van der Waals surface area contributed by atoms with Crippen molar-refractivity contribution in [3.8, 4) is 22.5 Å². The lowest BCUT2D eigenvalue weighted by Crippen LogP contribution is -2.35. The minimum absolute atomic E-state index is 0.426. The lowest BCUT2D eigenvalue weighted by atomic mass is 9.96. The van der Waals surface area contributed by atoms with E-state index in [1.165, 1.54) is 33.6 Å². The molecule has 0 radical (unpaired) electrons. The number of nitrogens with zero attached hydrogens (tertiary/aromatic N) is 2. The largest absolute Gasteiger partial charge is 0.213 e. The zero-order valence-electron chi connectivity index (χ0n) is 12.0. The van der Waals surface area contributed by atoms with E-state index in [-0.39, 0.29) is 0 Å². The van der Waals surface area contributed by atoms with Gasteiger partial charge in [0.15, 0.2) is 25.0 Å². The molecule has 5 rings (SSSR count). The number of hydrogen-bond donors (Lipinski definition) is 0. The Balaban J connectivity index is 1.81. The maximum atomic E-state index is 2.41. The van der Waals surface area contributed by atoms with Gasteiger partial charge in [0.25, 0.3) is 0 Å². The van der Waals surface area contributed by atoms with Crippen LogP contribution in [0.1, 0.15) is 24.1 Å². The molecule has 21 heavy (non-hydrogen) atoms. The fourth-order valence-corrected chi connectivity index (χ4v) is 3.81. The normalized spacial score (nSPS) is 17.1. The first-order chi connectivity index (χ1) is 10.3. The van der Waals surface area contributed by atoms with Gasteiger partial charge in [-0.25, -0.2) is 0 Å². The van der Waals surface area contributed by atoms with Gasteiger partial charge in [0.05, 0.1) is 11.1 Å². The second kappa shape index (κ2) is 3.79. The van der Waals surface area contributed by atoms with E-state index < -0.39 is 0 Å². The molecule has 1 unspecified atom stereocenters. The second-order valence-electron chi connectivity index (χ2n) is 5.98. The Kier molecular flexibility index (Phi) is 2.02. The summed E-state index contributed by atoms with van der Waals surface area (Å²) in [5, 5.41) is 0. The highest BCUT2D eigenvalue weighted by Crippen LogP contribution is 2.39. The highest BCUT2D eigenvalue weighted by Gasteiger charge is 2.36. The third kappa shape index (κ3) is 1.37. The van der Waals surface area contributed by atoms with Crippen molar-refractivity contribution in [1.82, 2.24) is 0 Å². The second-order valence-corrected chi connectivity index (χ2v) is 5.98. The van der Waals surface area contributed by atoms with Crippen LogP contribution in [0.3, 0.4) is 0 Å². The van der Waals surface area contributed by atoms with Gasteiger partial charge in [0, 0.05) is 42.3 Å². The van der Waals surface area contributed by atoms with Crippen molar-refractivity contribution in [2.24, 2.45) is 0 Å². The molecule has 2 heteroatoms. The van der Waals surface area contributed by atoms with Crippen LogP contribution >= 0.6 is 0 Å². The van der Waals surface area contributed by atoms with Crippen molar-refractivity contribution in [2.45, 2.75) is 19.5 Å². The molecule has 1 aromatic carbocycles. The molecule has 0 fully saturated rings. The maximum Gasteiger partial charge on any atom is 0.213 e. The van der Waals surface area contributed by atoms with Crippen molar-refractivity contribution in [3.05, 3.63) is 72.1 Å². The van der Waals surface area contributed by atoms with Crippen LogP contribution in [0.5, 0.6) is 0 Å². The summed E-state index contributed by atoms with van der Waals surface area (Å²) in [5.74, 6) is 0. The molecule has 0 N–H and O–H groups in total. The number of benzene rings is 1. The first-order valence-corrected chi connectivity index (χ1v) is 7.49. The summed E-state index contributed by atoms with van der Waals surface area (Å²) in [6.07, 6.45) is 4.36. The molecule has 0 saturated carbocycles. The first-order valence-electron chi connectivity index (χ1n) is 7.49. The third-order valence-electron chi connectivity index (χ3n) is 4.87. The molecule has 2 aromatic heterocycles. The van der Waals surface area contributed by atoms with Crippen molar-refractivity contribution >= 4 is 0 Å². The molecule has 2 aliphatic heterocycles. The van der Waals surface area contributed by atoms with E-state index >= 15 is 0 Å². The summed E-state index contributed by atoms with van der Waals surface area (Å²) >= 11 is 0. The topological polar surface area (TPSA) is 7.76 Å². The van der Waals surface area contributed by atoms with Gasteiger partial charge < -0.3 is 0 Å². The highest BCUT2D eigenvalue weighted by atomic mass is 15.0. The predicted molar refractivity (Wildman–Crippen MR) is 80.6 cm³/mol. The Morgan fingerprint density at radius 3 is 2.62 bits per heavy atom. The molecule has 1 atom stereocenters. The Morgan fingerprint density at radius 1 is 0.905 bits per heavy atom. The van der Waals surface area contributed by atoms with Gasteiger partial charge in [0.2, 0.25) is 11.4 Å². The fourth-order valence-electron chi connectivity index (χ4n) is 3.81. The zero-order valence-corrected chi connectivity index (χ0v) is 12.0. The molecular weight excluding hydrogens is 256 g/mol. The van der Waals surface area contributed by atoms with Crippen molar-refractivity contribution in [2.75, 3.05) is 0 Å². The van der Waals surface area contributed by atoms with Crippen LogP contribution in [0.2, 0.25) is 0 Å². The summed E-state index contributed by atoms with van der Waals surface area (Å²) in [6, 6.07) is 18.1. The molecule has 0 aliphatic carbocycles. The van der Waals surface area contributed by atoms with Gasteiger partial charge >= 0.3 is 0 Å². The number of aromatic nitrogens is 2. The zero-order chi connectivity index (χ0) is 14.0. The first kappa shape index (κ1) is 11.2. The number of rotatable bonds is 0. The Hall–Kier alpha value is -2.48. The summed E-state index contributed by atoms with van der Waals surface area (Å²) < 4.78 is 4.71. The molecule has 2 nitrogen and oxygen atoms in total. The van der Waals surface area contributed by atoms with Gasteiger partial charge in [-0.3, -0.25) is 0 Å². The molecule has 0 saturated heterocycles. The highest BCUT2D eigenvalue weighted by molar-refractivity contribution is 5.75. The quantitative estimate of drug-likeness (QED) is 0.435. The number of pyridine rings is 2. The molecule has 0 amide bonds. The Labute approximate surface area is 123 Å². The number of fused-ring (bicyclic) bond motifs is 6. The van der Waals surface area contributed by atoms with E-state index in [1.54, 1.807) is 0 Å². The van der Waals surface area contributed by atoms with Gasteiger partial charge in [-0.15, -0.1) is 0 Å². The minimum atomic E-state index is 0.426. The Bertz CT molecular complexity index is 896. The van der Waals surface area contributed by atoms with Gasteiger partial charge in [0.1, 0.15) is 0 Å². The van der Waals surface area contributed by atoms with Crippen LogP contribution in [0, 0.1) is 0 Å². The van der Waals surface area contributed by atoms with Gasteiger partial charge in [-0.05, 0) is 24.3 Å². The summed E-state index contributed by atoms with van der Waals surface area (Å²) in [6.45, 7) is 3.28. The molecule has 0 spiro atoms. The predicted octanol–water partition coefficient (Wildman–Crippen LogP) is 2.88. The molecule has 3 aromatic rings. The third-order valence-corrected chi connectivity index (χ3v) is 4.87. The SMILES string of the molecule is CC1c2cc3c(cc2-c2cccc[n+]21)-c1cccc[n+]1C3. The summed E-state index contributed by atoms with van der Waals surface area (Å²) in [4.78, 5) is 0. The molecule has 100 valence electrons. The average Bonchev–Trinajstić information content (AvgIpc) is 3.02. The molecule has 2 aliphatic rings. The van der Waals surface area contributed by atoms with E-state index in [2.05, 4.69) is 77.0 Å². The monoisotopic (exact) mass is 272 g/mol. The summed E-state index contributed by atoms with van der Waals surface area (Å²) in [7, 11) is 0. The number of hydrogen-bond acceptors (Lipinski definition) is 0. The van der Waals surface area contributed by atoms with Gasteiger partial charge in [-0.2, -0.15) is 9.13 Å².